The van der Waals surface area contributed by atoms with Gasteiger partial charge in [-0.25, -0.2) is 4.68 Å². The van der Waals surface area contributed by atoms with Crippen LogP contribution in [0, 0.1) is 0 Å². The minimum atomic E-state index is -0.877. The summed E-state index contributed by atoms with van der Waals surface area (Å²) >= 11 is 0. The lowest BCUT2D eigenvalue weighted by molar-refractivity contribution is -0.136. The lowest BCUT2D eigenvalue weighted by Gasteiger charge is -2.08. The molecule has 1 N–H and O–H groups in total. The summed E-state index contributed by atoms with van der Waals surface area (Å²) in [6, 6.07) is 9.10. The van der Waals surface area contributed by atoms with E-state index in [0.29, 0.717) is 12.3 Å². The number of hydrogen-bond acceptors (Lipinski definition) is 3. The minimum absolute atomic E-state index is 0.0567. The largest absolute Gasteiger partial charge is 0.494 e. The average Bonchev–Trinajstić information content (AvgIpc) is 2.77. The highest BCUT2D eigenvalue weighted by Gasteiger charge is 2.09. The average molecular weight is 246 g/mol. The van der Waals surface area contributed by atoms with Gasteiger partial charge in [0.05, 0.1) is 24.4 Å². The van der Waals surface area contributed by atoms with Gasteiger partial charge in [-0.15, -0.1) is 0 Å². The zero-order chi connectivity index (χ0) is 13.0. The summed E-state index contributed by atoms with van der Waals surface area (Å²) in [6.07, 6.45) is 1.53. The van der Waals surface area contributed by atoms with Crippen LogP contribution < -0.4 is 4.74 Å². The van der Waals surface area contributed by atoms with E-state index in [4.69, 9.17) is 9.84 Å². The third-order valence-electron chi connectivity index (χ3n) is 2.43. The summed E-state index contributed by atoms with van der Waals surface area (Å²) in [6.45, 7) is 2.50. The number of carboxylic acid groups (broad SMARTS) is 1. The third-order valence-corrected chi connectivity index (χ3v) is 2.43. The maximum atomic E-state index is 10.8. The molecule has 0 unspecified atom stereocenters. The van der Waals surface area contributed by atoms with Crippen LogP contribution in [-0.2, 0) is 11.2 Å². The Labute approximate surface area is 105 Å². The number of carbonyl (C=O) groups is 1. The standard InChI is InChI=1S/C13H14N2O3/c1-2-18-12-5-3-4-10(8-12)15-11(6-7-14-15)9-13(16)17/h3-8H,2,9H2,1H3,(H,16,17). The van der Waals surface area contributed by atoms with Gasteiger partial charge in [0.1, 0.15) is 5.75 Å². The highest BCUT2D eigenvalue weighted by atomic mass is 16.5. The molecule has 5 heteroatoms. The molecule has 0 atom stereocenters. The summed E-state index contributed by atoms with van der Waals surface area (Å²) in [4.78, 5) is 10.8. The molecule has 0 aliphatic heterocycles. The van der Waals surface area contributed by atoms with Crippen molar-refractivity contribution in [1.82, 2.24) is 9.78 Å². The molecular weight excluding hydrogens is 232 g/mol. The Morgan fingerprint density at radius 2 is 2.28 bits per heavy atom. The monoisotopic (exact) mass is 246 g/mol. The first kappa shape index (κ1) is 12.2. The van der Waals surface area contributed by atoms with Crippen molar-refractivity contribution in [3.8, 4) is 11.4 Å². The molecule has 2 aromatic rings. The highest BCUT2D eigenvalue weighted by molar-refractivity contribution is 5.69. The van der Waals surface area contributed by atoms with Gasteiger partial charge >= 0.3 is 5.97 Å². The van der Waals surface area contributed by atoms with E-state index in [-0.39, 0.29) is 6.42 Å². The summed E-state index contributed by atoms with van der Waals surface area (Å²) in [5, 5.41) is 13.0. The van der Waals surface area contributed by atoms with E-state index in [1.165, 1.54) is 0 Å². The smallest absolute Gasteiger partial charge is 0.309 e. The van der Waals surface area contributed by atoms with Crippen LogP contribution in [0.2, 0.25) is 0 Å². The first-order valence-electron chi connectivity index (χ1n) is 5.68. The van der Waals surface area contributed by atoms with Crippen molar-refractivity contribution in [1.29, 1.82) is 0 Å². The molecule has 1 aromatic heterocycles. The molecular formula is C13H14N2O3. The SMILES string of the molecule is CCOc1cccc(-n2nccc2CC(=O)O)c1. The van der Waals surface area contributed by atoms with Gasteiger partial charge in [-0.2, -0.15) is 5.10 Å². The van der Waals surface area contributed by atoms with Gasteiger partial charge in [0.2, 0.25) is 0 Å². The second kappa shape index (κ2) is 5.35. The van der Waals surface area contributed by atoms with Crippen LogP contribution in [0.15, 0.2) is 36.5 Å². The van der Waals surface area contributed by atoms with Crippen LogP contribution in [0.5, 0.6) is 5.75 Å². The topological polar surface area (TPSA) is 64.4 Å². The Bertz CT molecular complexity index is 549. The Morgan fingerprint density at radius 1 is 1.44 bits per heavy atom. The number of ether oxygens (including phenoxy) is 1. The lowest BCUT2D eigenvalue weighted by atomic mass is 10.2. The molecule has 0 saturated heterocycles. The van der Waals surface area contributed by atoms with Gasteiger partial charge in [0, 0.05) is 12.3 Å². The quantitative estimate of drug-likeness (QED) is 0.875. The zero-order valence-electron chi connectivity index (χ0n) is 10.0. The minimum Gasteiger partial charge on any atom is -0.494 e. The number of aliphatic carboxylic acids is 1. The summed E-state index contributed by atoms with van der Waals surface area (Å²) in [7, 11) is 0. The highest BCUT2D eigenvalue weighted by Crippen LogP contribution is 2.18. The van der Waals surface area contributed by atoms with Crippen molar-refractivity contribution in [2.24, 2.45) is 0 Å². The van der Waals surface area contributed by atoms with Gasteiger partial charge in [-0.3, -0.25) is 4.79 Å². The molecule has 0 amide bonds. The molecule has 0 bridgehead atoms. The summed E-state index contributed by atoms with van der Waals surface area (Å²) in [5.74, 6) is -0.135. The van der Waals surface area contributed by atoms with Crippen molar-refractivity contribution in [3.05, 3.63) is 42.2 Å². The number of nitrogens with zero attached hydrogens (tertiary/aromatic N) is 2. The van der Waals surface area contributed by atoms with E-state index in [2.05, 4.69) is 5.10 Å². The number of aromatic nitrogens is 2. The molecule has 0 aliphatic rings. The second-order valence-corrected chi connectivity index (χ2v) is 3.74. The van der Waals surface area contributed by atoms with Crippen LogP contribution in [0.1, 0.15) is 12.6 Å². The molecule has 18 heavy (non-hydrogen) atoms. The van der Waals surface area contributed by atoms with Gasteiger partial charge < -0.3 is 9.84 Å². The van der Waals surface area contributed by atoms with Crippen LogP contribution >= 0.6 is 0 Å². The van der Waals surface area contributed by atoms with Crippen molar-refractivity contribution in [2.75, 3.05) is 6.61 Å². The van der Waals surface area contributed by atoms with Crippen molar-refractivity contribution in [3.63, 3.8) is 0 Å². The van der Waals surface area contributed by atoms with E-state index in [0.717, 1.165) is 11.4 Å². The first-order chi connectivity index (χ1) is 8.70. The van der Waals surface area contributed by atoms with E-state index >= 15 is 0 Å². The fraction of sp³-hybridized carbons (Fsp3) is 0.231. The third kappa shape index (κ3) is 2.68. The van der Waals surface area contributed by atoms with Gasteiger partial charge in [0.15, 0.2) is 0 Å². The molecule has 0 spiro atoms. The molecule has 0 aliphatic carbocycles. The van der Waals surface area contributed by atoms with Crippen molar-refractivity contribution < 1.29 is 14.6 Å². The first-order valence-corrected chi connectivity index (χ1v) is 5.68. The Balaban J connectivity index is 2.33. The Morgan fingerprint density at radius 3 is 3.00 bits per heavy atom. The number of rotatable bonds is 5. The Hall–Kier alpha value is -2.30. The van der Waals surface area contributed by atoms with Crippen LogP contribution in [0.4, 0.5) is 0 Å². The molecule has 5 nitrogen and oxygen atoms in total. The number of carboxylic acids is 1. The molecule has 94 valence electrons. The summed E-state index contributed by atoms with van der Waals surface area (Å²) in [5.41, 5.74) is 1.43. The molecule has 0 saturated carbocycles. The Kier molecular flexibility index (Phi) is 3.62. The van der Waals surface area contributed by atoms with Crippen molar-refractivity contribution in [2.45, 2.75) is 13.3 Å². The maximum Gasteiger partial charge on any atom is 0.309 e. The fourth-order valence-corrected chi connectivity index (χ4v) is 1.72. The van der Waals surface area contributed by atoms with Crippen LogP contribution in [-0.4, -0.2) is 27.5 Å². The lowest BCUT2D eigenvalue weighted by Crippen LogP contribution is -2.08. The van der Waals surface area contributed by atoms with Crippen LogP contribution in [0.25, 0.3) is 5.69 Å². The van der Waals surface area contributed by atoms with E-state index < -0.39 is 5.97 Å². The number of hydrogen-bond donors (Lipinski definition) is 1. The fourth-order valence-electron chi connectivity index (χ4n) is 1.72. The molecule has 1 heterocycles. The van der Waals surface area contributed by atoms with E-state index in [1.54, 1.807) is 16.9 Å². The van der Waals surface area contributed by atoms with E-state index in [1.807, 2.05) is 31.2 Å². The van der Waals surface area contributed by atoms with Gasteiger partial charge in [-0.05, 0) is 25.1 Å². The summed E-state index contributed by atoms with van der Waals surface area (Å²) < 4.78 is 7.02. The molecule has 0 fully saturated rings. The van der Waals surface area contributed by atoms with Crippen molar-refractivity contribution >= 4 is 5.97 Å². The normalized spacial score (nSPS) is 10.3. The second-order valence-electron chi connectivity index (χ2n) is 3.74. The maximum absolute atomic E-state index is 10.8. The van der Waals surface area contributed by atoms with Crippen LogP contribution in [0.3, 0.4) is 0 Å². The molecule has 2 rings (SSSR count). The van der Waals surface area contributed by atoms with E-state index in [9.17, 15) is 4.79 Å². The van der Waals surface area contributed by atoms with Gasteiger partial charge in [-0.1, -0.05) is 6.07 Å². The zero-order valence-corrected chi connectivity index (χ0v) is 10.0. The predicted octanol–water partition coefficient (Wildman–Crippen LogP) is 1.90. The molecule has 0 radical (unpaired) electrons. The number of benzene rings is 1. The predicted molar refractivity (Wildman–Crippen MR) is 66.1 cm³/mol. The molecule has 1 aromatic carbocycles. The van der Waals surface area contributed by atoms with Gasteiger partial charge in [0.25, 0.3) is 0 Å².